The fourth-order valence-corrected chi connectivity index (χ4v) is 3.13. The summed E-state index contributed by atoms with van der Waals surface area (Å²) in [6.45, 7) is 6.40. The number of carbonyl (C=O) groups is 2. The zero-order valence-corrected chi connectivity index (χ0v) is 14.1. The second-order valence-corrected chi connectivity index (χ2v) is 6.53. The van der Waals surface area contributed by atoms with Gasteiger partial charge in [0, 0.05) is 37.7 Å². The highest BCUT2D eigenvalue weighted by Crippen LogP contribution is 2.31. The smallest absolute Gasteiger partial charge is 0.254 e. The van der Waals surface area contributed by atoms with Gasteiger partial charge < -0.3 is 14.5 Å². The van der Waals surface area contributed by atoms with Gasteiger partial charge in [-0.3, -0.25) is 9.59 Å². The van der Waals surface area contributed by atoms with Crippen LogP contribution in [0.3, 0.4) is 0 Å². The van der Waals surface area contributed by atoms with Crippen molar-refractivity contribution in [1.82, 2.24) is 9.80 Å². The Morgan fingerprint density at radius 3 is 2.17 bits per heavy atom. The molecular weight excluding hydrogens is 292 g/mol. The number of rotatable bonds is 3. The number of ether oxygens (including phenoxy) is 1. The Morgan fingerprint density at radius 1 is 1.00 bits per heavy atom. The number of piperazine rings is 1. The largest absolute Gasteiger partial charge is 0.496 e. The predicted octanol–water partition coefficient (Wildman–Crippen LogP) is 2.01. The van der Waals surface area contributed by atoms with Gasteiger partial charge in [0.25, 0.3) is 5.91 Å². The zero-order valence-electron chi connectivity index (χ0n) is 14.1. The molecule has 1 aliphatic heterocycles. The minimum atomic E-state index is 0.0479. The van der Waals surface area contributed by atoms with Crippen molar-refractivity contribution in [2.75, 3.05) is 33.3 Å². The molecular formula is C18H24N2O3. The number of hydrogen-bond donors (Lipinski definition) is 0. The lowest BCUT2D eigenvalue weighted by molar-refractivity contribution is -0.134. The summed E-state index contributed by atoms with van der Waals surface area (Å²) in [5.74, 6) is 1.38. The molecule has 1 aromatic carbocycles. The average Bonchev–Trinajstić information content (AvgIpc) is 3.40. The van der Waals surface area contributed by atoms with Crippen LogP contribution in [-0.2, 0) is 4.79 Å². The van der Waals surface area contributed by atoms with Crippen LogP contribution >= 0.6 is 0 Å². The molecule has 1 aromatic rings. The number of amides is 2. The van der Waals surface area contributed by atoms with Crippen LogP contribution in [0, 0.1) is 19.8 Å². The lowest BCUT2D eigenvalue weighted by atomic mass is 10.0. The first-order chi connectivity index (χ1) is 11.0. The lowest BCUT2D eigenvalue weighted by Crippen LogP contribution is -2.51. The van der Waals surface area contributed by atoms with E-state index < -0.39 is 0 Å². The second-order valence-electron chi connectivity index (χ2n) is 6.53. The standard InChI is InChI=1S/C18H24N2O3/c1-12-11-16(23-3)13(2)10-15(12)18(22)20-8-6-19(7-9-20)17(21)14-4-5-14/h10-11,14H,4-9H2,1-3H3. The van der Waals surface area contributed by atoms with Gasteiger partial charge in [0.1, 0.15) is 5.75 Å². The van der Waals surface area contributed by atoms with Crippen LogP contribution in [0.5, 0.6) is 5.75 Å². The van der Waals surface area contributed by atoms with Crippen LogP contribution in [-0.4, -0.2) is 54.9 Å². The van der Waals surface area contributed by atoms with E-state index in [4.69, 9.17) is 4.74 Å². The zero-order chi connectivity index (χ0) is 16.6. The number of aryl methyl sites for hydroxylation is 2. The Kier molecular flexibility index (Phi) is 4.28. The van der Waals surface area contributed by atoms with Crippen molar-refractivity contribution >= 4 is 11.8 Å². The molecule has 0 radical (unpaired) electrons. The first kappa shape index (κ1) is 15.8. The lowest BCUT2D eigenvalue weighted by Gasteiger charge is -2.35. The van der Waals surface area contributed by atoms with Gasteiger partial charge in [-0.2, -0.15) is 0 Å². The Balaban J connectivity index is 1.67. The van der Waals surface area contributed by atoms with E-state index in [2.05, 4.69) is 0 Å². The van der Waals surface area contributed by atoms with E-state index >= 15 is 0 Å². The van der Waals surface area contributed by atoms with Gasteiger partial charge in [0.15, 0.2) is 0 Å². The number of hydrogen-bond acceptors (Lipinski definition) is 3. The number of methoxy groups -OCH3 is 1. The van der Waals surface area contributed by atoms with E-state index in [1.807, 2.05) is 35.8 Å². The average molecular weight is 316 g/mol. The van der Waals surface area contributed by atoms with E-state index in [1.54, 1.807) is 7.11 Å². The summed E-state index contributed by atoms with van der Waals surface area (Å²) in [6.07, 6.45) is 2.06. The molecule has 23 heavy (non-hydrogen) atoms. The summed E-state index contributed by atoms with van der Waals surface area (Å²) in [7, 11) is 1.64. The minimum Gasteiger partial charge on any atom is -0.496 e. The Labute approximate surface area is 137 Å². The van der Waals surface area contributed by atoms with E-state index in [0.29, 0.717) is 26.2 Å². The maximum atomic E-state index is 12.8. The molecule has 0 spiro atoms. The quantitative estimate of drug-likeness (QED) is 0.857. The molecule has 0 N–H and O–H groups in total. The van der Waals surface area contributed by atoms with Gasteiger partial charge in [-0.25, -0.2) is 0 Å². The molecule has 3 rings (SSSR count). The molecule has 1 saturated heterocycles. The number of nitrogens with zero attached hydrogens (tertiary/aromatic N) is 2. The molecule has 0 aromatic heterocycles. The highest BCUT2D eigenvalue weighted by Gasteiger charge is 2.35. The summed E-state index contributed by atoms with van der Waals surface area (Å²) in [5, 5.41) is 0. The van der Waals surface area contributed by atoms with E-state index in [-0.39, 0.29) is 17.7 Å². The maximum Gasteiger partial charge on any atom is 0.254 e. The van der Waals surface area contributed by atoms with Gasteiger partial charge in [-0.1, -0.05) is 0 Å². The third-order valence-corrected chi connectivity index (χ3v) is 4.78. The third kappa shape index (κ3) is 3.19. The normalized spacial score (nSPS) is 18.0. The van der Waals surface area contributed by atoms with Crippen molar-refractivity contribution in [1.29, 1.82) is 0 Å². The molecule has 1 saturated carbocycles. The van der Waals surface area contributed by atoms with E-state index in [1.165, 1.54) is 0 Å². The first-order valence-corrected chi connectivity index (χ1v) is 8.24. The van der Waals surface area contributed by atoms with Crippen molar-refractivity contribution in [3.05, 3.63) is 28.8 Å². The van der Waals surface area contributed by atoms with Crippen molar-refractivity contribution in [2.24, 2.45) is 5.92 Å². The molecule has 5 nitrogen and oxygen atoms in total. The summed E-state index contributed by atoms with van der Waals surface area (Å²) >= 11 is 0. The third-order valence-electron chi connectivity index (χ3n) is 4.78. The van der Waals surface area contributed by atoms with Gasteiger partial charge in [-0.05, 0) is 49.9 Å². The van der Waals surface area contributed by atoms with Crippen LogP contribution in [0.2, 0.25) is 0 Å². The summed E-state index contributed by atoms with van der Waals surface area (Å²) < 4.78 is 5.31. The second kappa shape index (κ2) is 6.22. The molecule has 1 aliphatic carbocycles. The Hall–Kier alpha value is -2.04. The van der Waals surface area contributed by atoms with Crippen LogP contribution in [0.15, 0.2) is 12.1 Å². The highest BCUT2D eigenvalue weighted by molar-refractivity contribution is 5.96. The molecule has 0 bridgehead atoms. The van der Waals surface area contributed by atoms with Crippen LogP contribution in [0.1, 0.15) is 34.3 Å². The summed E-state index contributed by atoms with van der Waals surface area (Å²) in [5.41, 5.74) is 2.61. The summed E-state index contributed by atoms with van der Waals surface area (Å²) in [4.78, 5) is 28.6. The Morgan fingerprint density at radius 2 is 1.61 bits per heavy atom. The number of benzene rings is 1. The van der Waals surface area contributed by atoms with Crippen molar-refractivity contribution < 1.29 is 14.3 Å². The van der Waals surface area contributed by atoms with Crippen molar-refractivity contribution in [2.45, 2.75) is 26.7 Å². The number of carbonyl (C=O) groups excluding carboxylic acids is 2. The fourth-order valence-electron chi connectivity index (χ4n) is 3.13. The molecule has 0 atom stereocenters. The molecule has 2 amide bonds. The SMILES string of the molecule is COc1cc(C)c(C(=O)N2CCN(C(=O)C3CC3)CC2)cc1C. The van der Waals surface area contributed by atoms with Crippen LogP contribution in [0.4, 0.5) is 0 Å². The van der Waals surface area contributed by atoms with Gasteiger partial charge in [-0.15, -0.1) is 0 Å². The van der Waals surface area contributed by atoms with Gasteiger partial charge >= 0.3 is 0 Å². The molecule has 2 fully saturated rings. The highest BCUT2D eigenvalue weighted by atomic mass is 16.5. The molecule has 2 aliphatic rings. The van der Waals surface area contributed by atoms with Crippen LogP contribution in [0.25, 0.3) is 0 Å². The summed E-state index contributed by atoms with van der Waals surface area (Å²) in [6, 6.07) is 3.81. The molecule has 5 heteroatoms. The van der Waals surface area contributed by atoms with Crippen molar-refractivity contribution in [3.8, 4) is 5.75 Å². The van der Waals surface area contributed by atoms with E-state index in [0.717, 1.165) is 35.3 Å². The molecule has 1 heterocycles. The molecule has 0 unspecified atom stereocenters. The van der Waals surface area contributed by atoms with Gasteiger partial charge in [0.2, 0.25) is 5.91 Å². The topological polar surface area (TPSA) is 49.9 Å². The predicted molar refractivity (Wildman–Crippen MR) is 87.7 cm³/mol. The van der Waals surface area contributed by atoms with Crippen LogP contribution < -0.4 is 4.74 Å². The first-order valence-electron chi connectivity index (χ1n) is 8.24. The molecule has 124 valence electrons. The van der Waals surface area contributed by atoms with Gasteiger partial charge in [0.05, 0.1) is 7.11 Å². The van der Waals surface area contributed by atoms with E-state index in [9.17, 15) is 9.59 Å². The van der Waals surface area contributed by atoms with Crippen molar-refractivity contribution in [3.63, 3.8) is 0 Å². The monoisotopic (exact) mass is 316 g/mol. The maximum absolute atomic E-state index is 12.8. The Bertz CT molecular complexity index is 629. The fraction of sp³-hybridized carbons (Fsp3) is 0.556. The minimum absolute atomic E-state index is 0.0479.